The molecule has 2 aromatic rings. The molecular formula is C25H34N2O3. The predicted octanol–water partition coefficient (Wildman–Crippen LogP) is 4.35. The number of benzene rings is 2. The number of amides is 2. The van der Waals surface area contributed by atoms with Gasteiger partial charge >= 0.3 is 0 Å². The first-order chi connectivity index (χ1) is 14.1. The number of rotatable bonds is 9. The summed E-state index contributed by atoms with van der Waals surface area (Å²) in [5.74, 6) is -0.256. The lowest BCUT2D eigenvalue weighted by Gasteiger charge is -2.19. The summed E-state index contributed by atoms with van der Waals surface area (Å²) in [7, 11) is 0. The maximum absolute atomic E-state index is 12.2. The smallest absolute Gasteiger partial charge is 0.251 e. The SMILES string of the molecule is CC(C)OCc1ccc(CNC(=O)CCNC(=O)c2ccc(C(C)(C)C)cc2)cc1. The minimum absolute atomic E-state index is 0.0509. The van der Waals surface area contributed by atoms with E-state index >= 15 is 0 Å². The monoisotopic (exact) mass is 410 g/mol. The summed E-state index contributed by atoms with van der Waals surface area (Å²) in [6, 6.07) is 15.6. The van der Waals surface area contributed by atoms with Gasteiger partial charge in [-0.15, -0.1) is 0 Å². The minimum atomic E-state index is -0.164. The summed E-state index contributed by atoms with van der Waals surface area (Å²) in [6.45, 7) is 11.8. The zero-order valence-electron chi connectivity index (χ0n) is 18.7. The Bertz CT molecular complexity index is 819. The molecule has 0 aliphatic carbocycles. The fraction of sp³-hybridized carbons (Fsp3) is 0.440. The second kappa shape index (κ2) is 10.9. The molecule has 0 radical (unpaired) electrons. The Morgan fingerprint density at radius 1 is 0.900 bits per heavy atom. The van der Waals surface area contributed by atoms with Crippen LogP contribution in [0.3, 0.4) is 0 Å². The van der Waals surface area contributed by atoms with Gasteiger partial charge in [0.15, 0.2) is 0 Å². The van der Waals surface area contributed by atoms with Crippen molar-refractivity contribution in [2.75, 3.05) is 6.54 Å². The molecule has 2 amide bonds. The van der Waals surface area contributed by atoms with Crippen LogP contribution in [0, 0.1) is 0 Å². The zero-order valence-corrected chi connectivity index (χ0v) is 18.7. The topological polar surface area (TPSA) is 67.4 Å². The molecule has 0 atom stereocenters. The molecule has 5 nitrogen and oxygen atoms in total. The molecule has 5 heteroatoms. The fourth-order valence-electron chi connectivity index (χ4n) is 2.82. The van der Waals surface area contributed by atoms with E-state index in [4.69, 9.17) is 4.74 Å². The number of ether oxygens (including phenoxy) is 1. The van der Waals surface area contributed by atoms with E-state index in [0.29, 0.717) is 25.3 Å². The van der Waals surface area contributed by atoms with Crippen molar-refractivity contribution in [2.24, 2.45) is 0 Å². The molecule has 2 rings (SSSR count). The molecule has 0 aliphatic heterocycles. The first kappa shape index (κ1) is 23.6. The summed E-state index contributed by atoms with van der Waals surface area (Å²) in [5.41, 5.74) is 3.97. The summed E-state index contributed by atoms with van der Waals surface area (Å²) >= 11 is 0. The Morgan fingerprint density at radius 3 is 2.07 bits per heavy atom. The van der Waals surface area contributed by atoms with Gasteiger partial charge in [0.2, 0.25) is 5.91 Å². The quantitative estimate of drug-likeness (QED) is 0.646. The Labute approximate surface area is 180 Å². The summed E-state index contributed by atoms with van der Waals surface area (Å²) in [4.78, 5) is 24.3. The summed E-state index contributed by atoms with van der Waals surface area (Å²) < 4.78 is 5.58. The Morgan fingerprint density at radius 2 is 1.50 bits per heavy atom. The van der Waals surface area contributed by atoms with Gasteiger partial charge in [-0.05, 0) is 48.1 Å². The highest BCUT2D eigenvalue weighted by Gasteiger charge is 2.14. The van der Waals surface area contributed by atoms with Crippen LogP contribution < -0.4 is 10.6 Å². The van der Waals surface area contributed by atoms with Crippen LogP contribution in [0.2, 0.25) is 0 Å². The van der Waals surface area contributed by atoms with Crippen LogP contribution in [0.5, 0.6) is 0 Å². The van der Waals surface area contributed by atoms with E-state index in [1.54, 1.807) is 0 Å². The van der Waals surface area contributed by atoms with Crippen molar-refractivity contribution in [3.05, 3.63) is 70.8 Å². The van der Waals surface area contributed by atoms with Crippen molar-refractivity contribution < 1.29 is 14.3 Å². The predicted molar refractivity (Wildman–Crippen MR) is 120 cm³/mol. The summed E-state index contributed by atoms with van der Waals surface area (Å²) in [5, 5.41) is 5.69. The van der Waals surface area contributed by atoms with Gasteiger partial charge in [-0.3, -0.25) is 9.59 Å². The largest absolute Gasteiger partial charge is 0.374 e. The lowest BCUT2D eigenvalue weighted by Crippen LogP contribution is -2.30. The fourth-order valence-corrected chi connectivity index (χ4v) is 2.82. The van der Waals surface area contributed by atoms with Crippen molar-refractivity contribution in [1.29, 1.82) is 0 Å². The number of hydrogen-bond donors (Lipinski definition) is 2. The second-order valence-corrected chi connectivity index (χ2v) is 8.79. The van der Waals surface area contributed by atoms with E-state index in [0.717, 1.165) is 11.1 Å². The molecule has 0 heterocycles. The lowest BCUT2D eigenvalue weighted by atomic mass is 9.87. The van der Waals surface area contributed by atoms with Gasteiger partial charge in [0.1, 0.15) is 0 Å². The van der Waals surface area contributed by atoms with Crippen LogP contribution in [-0.2, 0) is 28.1 Å². The van der Waals surface area contributed by atoms with Crippen LogP contribution in [0.1, 0.15) is 68.1 Å². The third-order valence-corrected chi connectivity index (χ3v) is 4.75. The van der Waals surface area contributed by atoms with E-state index in [1.807, 2.05) is 62.4 Å². The molecule has 162 valence electrons. The van der Waals surface area contributed by atoms with Gasteiger partial charge in [0, 0.05) is 25.1 Å². The normalized spacial score (nSPS) is 11.4. The molecular weight excluding hydrogens is 376 g/mol. The Hall–Kier alpha value is -2.66. The maximum Gasteiger partial charge on any atom is 0.251 e. The molecule has 0 aromatic heterocycles. The highest BCUT2D eigenvalue weighted by molar-refractivity contribution is 5.94. The van der Waals surface area contributed by atoms with Crippen molar-refractivity contribution in [1.82, 2.24) is 10.6 Å². The van der Waals surface area contributed by atoms with Gasteiger partial charge in [0.05, 0.1) is 12.7 Å². The minimum Gasteiger partial charge on any atom is -0.374 e. The average Bonchev–Trinajstić information content (AvgIpc) is 2.71. The second-order valence-electron chi connectivity index (χ2n) is 8.79. The Balaban J connectivity index is 1.70. The third-order valence-electron chi connectivity index (χ3n) is 4.75. The first-order valence-corrected chi connectivity index (χ1v) is 10.5. The first-order valence-electron chi connectivity index (χ1n) is 10.5. The van der Waals surface area contributed by atoms with Crippen LogP contribution in [0.4, 0.5) is 0 Å². The van der Waals surface area contributed by atoms with Crippen LogP contribution >= 0.6 is 0 Å². The number of carbonyl (C=O) groups is 2. The Kier molecular flexibility index (Phi) is 8.60. The van der Waals surface area contributed by atoms with Crippen LogP contribution in [0.25, 0.3) is 0 Å². The van der Waals surface area contributed by atoms with Gasteiger partial charge < -0.3 is 15.4 Å². The molecule has 30 heavy (non-hydrogen) atoms. The van der Waals surface area contributed by atoms with E-state index in [2.05, 4.69) is 31.4 Å². The number of carbonyl (C=O) groups excluding carboxylic acids is 2. The number of hydrogen-bond acceptors (Lipinski definition) is 3. The van der Waals surface area contributed by atoms with Crippen LogP contribution in [-0.4, -0.2) is 24.5 Å². The average molecular weight is 411 g/mol. The van der Waals surface area contributed by atoms with E-state index < -0.39 is 0 Å². The lowest BCUT2D eigenvalue weighted by molar-refractivity contribution is -0.121. The standard InChI is InChI=1S/C25H34N2O3/c1-18(2)30-17-20-8-6-19(7-9-20)16-27-23(28)14-15-26-24(29)21-10-12-22(13-11-21)25(3,4)5/h6-13,18H,14-17H2,1-5H3,(H,26,29)(H,27,28). The molecule has 0 saturated carbocycles. The third kappa shape index (κ3) is 7.99. The maximum atomic E-state index is 12.2. The molecule has 0 spiro atoms. The molecule has 0 aliphatic rings. The summed E-state index contributed by atoms with van der Waals surface area (Å²) in [6.07, 6.45) is 0.443. The van der Waals surface area contributed by atoms with Gasteiger partial charge in [-0.1, -0.05) is 57.2 Å². The van der Waals surface area contributed by atoms with Gasteiger partial charge in [0.25, 0.3) is 5.91 Å². The molecule has 0 saturated heterocycles. The van der Waals surface area contributed by atoms with Crippen molar-refractivity contribution >= 4 is 11.8 Å². The zero-order chi connectivity index (χ0) is 22.1. The van der Waals surface area contributed by atoms with Crippen molar-refractivity contribution in [2.45, 2.75) is 65.7 Å². The van der Waals surface area contributed by atoms with E-state index in [9.17, 15) is 9.59 Å². The molecule has 0 unspecified atom stereocenters. The van der Waals surface area contributed by atoms with Crippen molar-refractivity contribution in [3.8, 4) is 0 Å². The highest BCUT2D eigenvalue weighted by Crippen LogP contribution is 2.22. The van der Waals surface area contributed by atoms with Crippen LogP contribution in [0.15, 0.2) is 48.5 Å². The van der Waals surface area contributed by atoms with Gasteiger partial charge in [-0.2, -0.15) is 0 Å². The van der Waals surface area contributed by atoms with Gasteiger partial charge in [-0.25, -0.2) is 0 Å². The molecule has 2 aromatic carbocycles. The molecule has 2 N–H and O–H groups in total. The number of nitrogens with one attached hydrogen (secondary N) is 2. The molecule has 0 fully saturated rings. The van der Waals surface area contributed by atoms with Crippen molar-refractivity contribution in [3.63, 3.8) is 0 Å². The molecule has 0 bridgehead atoms. The van der Waals surface area contributed by atoms with E-state index in [-0.39, 0.29) is 29.8 Å². The highest BCUT2D eigenvalue weighted by atomic mass is 16.5. The van der Waals surface area contributed by atoms with E-state index in [1.165, 1.54) is 5.56 Å².